The first-order valence-corrected chi connectivity index (χ1v) is 7.72. The van der Waals surface area contributed by atoms with Gasteiger partial charge >= 0.3 is 0 Å². The minimum absolute atomic E-state index is 0.350. The molecule has 22 heavy (non-hydrogen) atoms. The Morgan fingerprint density at radius 2 is 2.27 bits per heavy atom. The summed E-state index contributed by atoms with van der Waals surface area (Å²) in [4.78, 5) is 8.10. The lowest BCUT2D eigenvalue weighted by Gasteiger charge is -2.10. The molecule has 0 aliphatic heterocycles. The monoisotopic (exact) mass is 298 g/mol. The third-order valence-electron chi connectivity index (χ3n) is 3.88. The third kappa shape index (κ3) is 2.45. The van der Waals surface area contributed by atoms with Gasteiger partial charge in [0.05, 0.1) is 30.0 Å². The molecule has 3 rings (SSSR count). The van der Waals surface area contributed by atoms with Crippen LogP contribution < -0.4 is 0 Å². The molecule has 0 saturated carbocycles. The first-order valence-electron chi connectivity index (χ1n) is 7.72. The molecular formula is C16H22N6. The number of nitrogens with one attached hydrogen (secondary N) is 1. The van der Waals surface area contributed by atoms with Gasteiger partial charge in [0.15, 0.2) is 5.65 Å². The molecule has 0 unspecified atom stereocenters. The zero-order chi connectivity index (χ0) is 15.7. The molecule has 116 valence electrons. The molecule has 0 aliphatic carbocycles. The van der Waals surface area contributed by atoms with Gasteiger partial charge in [-0.2, -0.15) is 10.2 Å². The molecule has 0 saturated heterocycles. The van der Waals surface area contributed by atoms with Crippen LogP contribution in [0.4, 0.5) is 0 Å². The minimum Gasteiger partial charge on any atom is -0.335 e. The number of rotatable bonds is 6. The molecule has 1 atom stereocenters. The van der Waals surface area contributed by atoms with E-state index in [4.69, 9.17) is 4.98 Å². The summed E-state index contributed by atoms with van der Waals surface area (Å²) in [7, 11) is 0. The largest absolute Gasteiger partial charge is 0.335 e. The van der Waals surface area contributed by atoms with Crippen molar-refractivity contribution < 1.29 is 0 Å². The van der Waals surface area contributed by atoms with E-state index in [1.807, 2.05) is 34.8 Å². The summed E-state index contributed by atoms with van der Waals surface area (Å²) in [6, 6.07) is 0.350. The number of aryl methyl sites for hydroxylation is 1. The smallest absolute Gasteiger partial charge is 0.177 e. The molecule has 6 nitrogen and oxygen atoms in total. The average molecular weight is 298 g/mol. The van der Waals surface area contributed by atoms with Crippen molar-refractivity contribution in [2.75, 3.05) is 0 Å². The Morgan fingerprint density at radius 1 is 1.45 bits per heavy atom. The van der Waals surface area contributed by atoms with Crippen LogP contribution in [0.5, 0.6) is 0 Å². The maximum Gasteiger partial charge on any atom is 0.177 e. The lowest BCUT2D eigenvalue weighted by molar-refractivity contribution is 0.466. The molecule has 0 fully saturated rings. The zero-order valence-electron chi connectivity index (χ0n) is 13.4. The summed E-state index contributed by atoms with van der Waals surface area (Å²) in [6.07, 6.45) is 7.91. The Morgan fingerprint density at radius 3 is 3.00 bits per heavy atom. The first kappa shape index (κ1) is 14.6. The number of nitrogens with zero attached hydrogens (tertiary/aromatic N) is 5. The quantitative estimate of drug-likeness (QED) is 0.709. The topological polar surface area (TPSA) is 64.3 Å². The molecule has 1 N–H and O–H groups in total. The van der Waals surface area contributed by atoms with Crippen molar-refractivity contribution in [2.45, 2.75) is 46.2 Å². The van der Waals surface area contributed by atoms with Crippen LogP contribution in [0.2, 0.25) is 0 Å². The molecule has 3 aromatic rings. The van der Waals surface area contributed by atoms with Crippen molar-refractivity contribution >= 4 is 11.2 Å². The number of H-pyrrole nitrogens is 1. The minimum atomic E-state index is 0.350. The van der Waals surface area contributed by atoms with Gasteiger partial charge in [0.25, 0.3) is 0 Å². The van der Waals surface area contributed by atoms with Gasteiger partial charge in [0.2, 0.25) is 0 Å². The van der Waals surface area contributed by atoms with Crippen LogP contribution >= 0.6 is 0 Å². The SMILES string of the molecule is C=CCn1cc(-c2nc3c(cnn3[C@@H](C)CCC)[nH]2)c(C)n1. The highest BCUT2D eigenvalue weighted by atomic mass is 15.3. The number of aromatic amines is 1. The molecule has 0 spiro atoms. The number of aromatic nitrogens is 6. The molecule has 0 aromatic carbocycles. The van der Waals surface area contributed by atoms with Crippen molar-refractivity contribution in [1.82, 2.24) is 29.5 Å². The van der Waals surface area contributed by atoms with Crippen molar-refractivity contribution in [3.8, 4) is 11.4 Å². The van der Waals surface area contributed by atoms with E-state index in [0.29, 0.717) is 12.6 Å². The van der Waals surface area contributed by atoms with E-state index in [1.165, 1.54) is 0 Å². The molecule has 3 aromatic heterocycles. The fourth-order valence-corrected chi connectivity index (χ4v) is 2.78. The summed E-state index contributed by atoms with van der Waals surface area (Å²) < 4.78 is 3.87. The van der Waals surface area contributed by atoms with Gasteiger partial charge in [0, 0.05) is 6.20 Å². The van der Waals surface area contributed by atoms with Crippen LogP contribution in [-0.2, 0) is 6.54 Å². The summed E-state index contributed by atoms with van der Waals surface area (Å²) in [5, 5.41) is 8.94. The normalized spacial score (nSPS) is 12.9. The molecule has 6 heteroatoms. The van der Waals surface area contributed by atoms with Gasteiger partial charge in [0.1, 0.15) is 11.3 Å². The number of allylic oxidation sites excluding steroid dienone is 1. The molecule has 0 aliphatic rings. The highest BCUT2D eigenvalue weighted by Crippen LogP contribution is 2.25. The second-order valence-electron chi connectivity index (χ2n) is 5.69. The number of hydrogen-bond acceptors (Lipinski definition) is 3. The predicted octanol–water partition coefficient (Wildman–Crippen LogP) is 3.48. The van der Waals surface area contributed by atoms with Crippen molar-refractivity contribution in [3.05, 3.63) is 30.7 Å². The van der Waals surface area contributed by atoms with Gasteiger partial charge in [-0.05, 0) is 20.3 Å². The van der Waals surface area contributed by atoms with E-state index in [1.54, 1.807) is 0 Å². The van der Waals surface area contributed by atoms with Crippen LogP contribution in [-0.4, -0.2) is 29.5 Å². The number of imidazole rings is 1. The fourth-order valence-electron chi connectivity index (χ4n) is 2.78. The van der Waals surface area contributed by atoms with Gasteiger partial charge in [-0.25, -0.2) is 9.67 Å². The van der Waals surface area contributed by atoms with Crippen LogP contribution in [0.1, 0.15) is 38.4 Å². The van der Waals surface area contributed by atoms with E-state index in [0.717, 1.165) is 41.1 Å². The van der Waals surface area contributed by atoms with Crippen LogP contribution in [0.3, 0.4) is 0 Å². The fraction of sp³-hybridized carbons (Fsp3) is 0.438. The van der Waals surface area contributed by atoms with Crippen LogP contribution in [0, 0.1) is 6.92 Å². The van der Waals surface area contributed by atoms with Crippen molar-refractivity contribution in [1.29, 1.82) is 0 Å². The first-order chi connectivity index (χ1) is 10.6. The maximum absolute atomic E-state index is 4.75. The number of hydrogen-bond donors (Lipinski definition) is 1. The Bertz CT molecular complexity index is 791. The van der Waals surface area contributed by atoms with Gasteiger partial charge in [-0.1, -0.05) is 19.4 Å². The standard InChI is InChI=1S/C16H22N6/c1-5-7-11(3)22-16-14(9-17-22)18-15(19-16)13-10-21(8-6-2)20-12(13)4/h6,9-11H,2,5,7-8H2,1,3-4H3,(H,18,19)/t11-/m0/s1. The molecule has 0 amide bonds. The summed E-state index contributed by atoms with van der Waals surface area (Å²) in [5.74, 6) is 0.845. The van der Waals surface area contributed by atoms with Gasteiger partial charge < -0.3 is 4.98 Å². The Balaban J connectivity index is 2.00. The highest BCUT2D eigenvalue weighted by molar-refractivity contribution is 5.76. The maximum atomic E-state index is 4.75. The summed E-state index contributed by atoms with van der Waals surface area (Å²) in [6.45, 7) is 10.8. The average Bonchev–Trinajstić information content (AvgIpc) is 3.12. The van der Waals surface area contributed by atoms with E-state index in [-0.39, 0.29) is 0 Å². The molecular weight excluding hydrogens is 276 g/mol. The van der Waals surface area contributed by atoms with E-state index >= 15 is 0 Å². The second kappa shape index (κ2) is 5.79. The van der Waals surface area contributed by atoms with Crippen LogP contribution in [0.15, 0.2) is 25.0 Å². The Kier molecular flexibility index (Phi) is 3.83. The van der Waals surface area contributed by atoms with Crippen molar-refractivity contribution in [3.63, 3.8) is 0 Å². The second-order valence-corrected chi connectivity index (χ2v) is 5.69. The molecule has 0 radical (unpaired) electrons. The third-order valence-corrected chi connectivity index (χ3v) is 3.88. The van der Waals surface area contributed by atoms with Crippen LogP contribution in [0.25, 0.3) is 22.6 Å². The summed E-state index contributed by atoms with van der Waals surface area (Å²) >= 11 is 0. The predicted molar refractivity (Wildman–Crippen MR) is 87.7 cm³/mol. The van der Waals surface area contributed by atoms with E-state index < -0.39 is 0 Å². The van der Waals surface area contributed by atoms with Crippen molar-refractivity contribution in [2.24, 2.45) is 0 Å². The van der Waals surface area contributed by atoms with E-state index in [9.17, 15) is 0 Å². The van der Waals surface area contributed by atoms with E-state index in [2.05, 4.69) is 35.6 Å². The Hall–Kier alpha value is -2.37. The molecule has 0 bridgehead atoms. The summed E-state index contributed by atoms with van der Waals surface area (Å²) in [5.41, 5.74) is 3.85. The molecule has 3 heterocycles. The Labute approximate surface area is 129 Å². The number of fused-ring (bicyclic) bond motifs is 1. The highest BCUT2D eigenvalue weighted by Gasteiger charge is 2.16. The van der Waals surface area contributed by atoms with Gasteiger partial charge in [-0.15, -0.1) is 6.58 Å². The zero-order valence-corrected chi connectivity index (χ0v) is 13.4. The lowest BCUT2D eigenvalue weighted by Crippen LogP contribution is -2.06. The lowest BCUT2D eigenvalue weighted by atomic mass is 10.2. The van der Waals surface area contributed by atoms with Gasteiger partial charge in [-0.3, -0.25) is 4.68 Å².